The molecule has 5 nitrogen and oxygen atoms in total. The minimum Gasteiger partial charge on any atom is -0.491 e. The zero-order valence-corrected chi connectivity index (χ0v) is 17.6. The van der Waals surface area contributed by atoms with E-state index in [1.54, 1.807) is 29.2 Å². The van der Waals surface area contributed by atoms with Gasteiger partial charge in [0.15, 0.2) is 0 Å². The number of nitrogens with zero attached hydrogens (tertiary/aromatic N) is 2. The number of likely N-dealkylation sites (tertiary alicyclic amines) is 1. The lowest BCUT2D eigenvalue weighted by Crippen LogP contribution is -2.49. The van der Waals surface area contributed by atoms with Crippen molar-refractivity contribution in [3.05, 3.63) is 65.2 Å². The second-order valence-corrected chi connectivity index (χ2v) is 7.74. The fraction of sp³-hybridized carbons (Fsp3) is 0.435. The normalized spacial score (nSPS) is 15.0. The third-order valence-corrected chi connectivity index (χ3v) is 5.46. The van der Waals surface area contributed by atoms with Crippen molar-refractivity contribution in [2.45, 2.75) is 32.0 Å². The lowest BCUT2D eigenvalue weighted by molar-refractivity contribution is 0.126. The van der Waals surface area contributed by atoms with Crippen molar-refractivity contribution >= 4 is 6.03 Å². The summed E-state index contributed by atoms with van der Waals surface area (Å²) in [5, 5.41) is 2.90. The van der Waals surface area contributed by atoms with Gasteiger partial charge in [0.25, 0.3) is 0 Å². The van der Waals surface area contributed by atoms with E-state index in [0.29, 0.717) is 5.75 Å². The van der Waals surface area contributed by atoms with Gasteiger partial charge in [-0.25, -0.2) is 18.0 Å². The van der Waals surface area contributed by atoms with E-state index < -0.39 is 18.3 Å². The van der Waals surface area contributed by atoms with E-state index in [1.165, 1.54) is 12.1 Å². The molecule has 0 unspecified atom stereocenters. The van der Waals surface area contributed by atoms with Crippen LogP contribution in [0.15, 0.2) is 42.5 Å². The van der Waals surface area contributed by atoms with E-state index in [-0.39, 0.29) is 37.3 Å². The maximum Gasteiger partial charge on any atom is 0.318 e. The number of halogens is 3. The lowest BCUT2D eigenvalue weighted by atomic mass is 10.0. The molecule has 2 aromatic carbocycles. The van der Waals surface area contributed by atoms with Crippen LogP contribution in [-0.2, 0) is 13.1 Å². The molecule has 1 saturated heterocycles. The maximum absolute atomic E-state index is 14.2. The fourth-order valence-electron chi connectivity index (χ4n) is 3.65. The molecule has 2 aromatic rings. The minimum absolute atomic E-state index is 0.00155. The number of nitrogens with one attached hydrogen (secondary N) is 1. The van der Waals surface area contributed by atoms with E-state index in [2.05, 4.69) is 10.2 Å². The van der Waals surface area contributed by atoms with Crippen LogP contribution in [0, 0.1) is 11.6 Å². The highest BCUT2D eigenvalue weighted by Gasteiger charge is 2.27. The van der Waals surface area contributed by atoms with Crippen molar-refractivity contribution in [1.29, 1.82) is 0 Å². The van der Waals surface area contributed by atoms with Gasteiger partial charge in [0.05, 0.1) is 6.54 Å². The molecule has 168 valence electrons. The highest BCUT2D eigenvalue weighted by atomic mass is 19.1. The number of carbonyl (C=O) groups excluding carboxylic acids is 1. The van der Waals surface area contributed by atoms with Gasteiger partial charge < -0.3 is 19.9 Å². The molecule has 1 aliphatic heterocycles. The number of carbonyl (C=O) groups is 1. The monoisotopic (exact) mass is 435 g/mol. The summed E-state index contributed by atoms with van der Waals surface area (Å²) >= 11 is 0. The fourth-order valence-corrected chi connectivity index (χ4v) is 3.65. The van der Waals surface area contributed by atoms with E-state index in [4.69, 9.17) is 4.74 Å². The topological polar surface area (TPSA) is 44.8 Å². The van der Waals surface area contributed by atoms with Crippen LogP contribution < -0.4 is 10.1 Å². The molecule has 0 bridgehead atoms. The molecule has 0 radical (unpaired) electrons. The first kappa shape index (κ1) is 22.9. The number of hydrogen-bond donors (Lipinski definition) is 1. The SMILES string of the molecule is CN1CCC(N(Cc2ccc(F)cc2F)C(=O)NCc2ccc(OCCF)cc2)CC1. The Labute approximate surface area is 180 Å². The molecule has 1 fully saturated rings. The Bertz CT molecular complexity index is 856. The zero-order chi connectivity index (χ0) is 22.2. The van der Waals surface area contributed by atoms with Crippen molar-refractivity contribution in [3.63, 3.8) is 0 Å². The van der Waals surface area contributed by atoms with Gasteiger partial charge in [-0.15, -0.1) is 0 Å². The molecule has 0 aliphatic carbocycles. The van der Waals surface area contributed by atoms with E-state index in [0.717, 1.165) is 37.6 Å². The standard InChI is InChI=1S/C23H28F3N3O2/c1-28-11-8-20(9-12-28)29(16-18-4-5-19(25)14-22(18)26)23(30)27-15-17-2-6-21(7-3-17)31-13-10-24/h2-7,14,20H,8-13,15-16H2,1H3,(H,27,30). The predicted octanol–water partition coefficient (Wildman–Crippen LogP) is 4.12. The highest BCUT2D eigenvalue weighted by molar-refractivity contribution is 5.74. The molecule has 8 heteroatoms. The van der Waals surface area contributed by atoms with Gasteiger partial charge in [-0.05, 0) is 56.7 Å². The van der Waals surface area contributed by atoms with Crippen molar-refractivity contribution in [3.8, 4) is 5.75 Å². The Kier molecular flexibility index (Phi) is 8.17. The summed E-state index contributed by atoms with van der Waals surface area (Å²) in [7, 11) is 2.03. The molecule has 0 aromatic heterocycles. The molecule has 1 heterocycles. The molecule has 0 atom stereocenters. The van der Waals surface area contributed by atoms with Crippen LogP contribution in [0.1, 0.15) is 24.0 Å². The summed E-state index contributed by atoms with van der Waals surface area (Å²) < 4.78 is 44.9. The molecular formula is C23H28F3N3O2. The van der Waals surface area contributed by atoms with E-state index in [1.807, 2.05) is 7.05 Å². The number of ether oxygens (including phenoxy) is 1. The first-order chi connectivity index (χ1) is 15.0. The van der Waals surface area contributed by atoms with Gasteiger partial charge in [-0.2, -0.15) is 0 Å². The number of amides is 2. The number of piperidine rings is 1. The molecule has 1 aliphatic rings. The van der Waals surface area contributed by atoms with Crippen molar-refractivity contribution in [2.75, 3.05) is 33.4 Å². The van der Waals surface area contributed by atoms with Crippen LogP contribution in [0.2, 0.25) is 0 Å². The summed E-state index contributed by atoms with van der Waals surface area (Å²) in [5.41, 5.74) is 1.14. The van der Waals surface area contributed by atoms with Crippen molar-refractivity contribution in [2.24, 2.45) is 0 Å². The molecule has 1 N–H and O–H groups in total. The summed E-state index contributed by atoms with van der Waals surface area (Å²) in [5.74, 6) is -0.738. The van der Waals surface area contributed by atoms with Crippen LogP contribution in [-0.4, -0.2) is 55.3 Å². The number of alkyl halides is 1. The Hall–Kier alpha value is -2.74. The molecule has 31 heavy (non-hydrogen) atoms. The minimum atomic E-state index is -0.658. The van der Waals surface area contributed by atoms with Gasteiger partial charge in [0, 0.05) is 24.2 Å². The Balaban J connectivity index is 1.66. The first-order valence-electron chi connectivity index (χ1n) is 10.4. The molecule has 3 rings (SSSR count). The third kappa shape index (κ3) is 6.62. The molecule has 0 spiro atoms. The van der Waals surface area contributed by atoms with E-state index >= 15 is 0 Å². The summed E-state index contributed by atoms with van der Waals surface area (Å²) in [6, 6.07) is 10.1. The van der Waals surface area contributed by atoms with E-state index in [9.17, 15) is 18.0 Å². The van der Waals surface area contributed by atoms with Crippen molar-refractivity contribution < 1.29 is 22.7 Å². The van der Waals surface area contributed by atoms with Gasteiger partial charge in [-0.1, -0.05) is 18.2 Å². The van der Waals surface area contributed by atoms with Gasteiger partial charge >= 0.3 is 6.03 Å². The number of benzene rings is 2. The summed E-state index contributed by atoms with van der Waals surface area (Å²) in [6.07, 6.45) is 1.57. The maximum atomic E-state index is 14.2. The van der Waals surface area contributed by atoms with Crippen LogP contribution in [0.5, 0.6) is 5.75 Å². The third-order valence-electron chi connectivity index (χ3n) is 5.46. The zero-order valence-electron chi connectivity index (χ0n) is 17.6. The molecule has 2 amide bonds. The second-order valence-electron chi connectivity index (χ2n) is 7.74. The van der Waals surface area contributed by atoms with Crippen molar-refractivity contribution in [1.82, 2.24) is 15.1 Å². The number of rotatable bonds is 8. The lowest BCUT2D eigenvalue weighted by Gasteiger charge is -2.37. The summed E-state index contributed by atoms with van der Waals surface area (Å²) in [4.78, 5) is 16.9. The second kappa shape index (κ2) is 11.0. The first-order valence-corrected chi connectivity index (χ1v) is 10.4. The smallest absolute Gasteiger partial charge is 0.318 e. The van der Waals surface area contributed by atoms with Crippen LogP contribution in [0.3, 0.4) is 0 Å². The van der Waals surface area contributed by atoms with Crippen LogP contribution in [0.4, 0.5) is 18.0 Å². The van der Waals surface area contributed by atoms with Gasteiger partial charge in [0.2, 0.25) is 0 Å². The quantitative estimate of drug-likeness (QED) is 0.679. The Morgan fingerprint density at radius 2 is 1.87 bits per heavy atom. The average molecular weight is 435 g/mol. The van der Waals surface area contributed by atoms with Gasteiger partial charge in [-0.3, -0.25) is 0 Å². The molecular weight excluding hydrogens is 407 g/mol. The Morgan fingerprint density at radius 3 is 2.52 bits per heavy atom. The summed E-state index contributed by atoms with van der Waals surface area (Å²) in [6.45, 7) is 1.50. The number of hydrogen-bond acceptors (Lipinski definition) is 3. The van der Waals surface area contributed by atoms with Crippen LogP contribution in [0.25, 0.3) is 0 Å². The largest absolute Gasteiger partial charge is 0.491 e. The van der Waals surface area contributed by atoms with Gasteiger partial charge in [0.1, 0.15) is 30.7 Å². The molecule has 0 saturated carbocycles. The van der Waals surface area contributed by atoms with Crippen LogP contribution >= 0.6 is 0 Å². The number of urea groups is 1. The predicted molar refractivity (Wildman–Crippen MR) is 113 cm³/mol. The average Bonchev–Trinajstić information content (AvgIpc) is 2.77. The Morgan fingerprint density at radius 1 is 1.16 bits per heavy atom. The highest BCUT2D eigenvalue weighted by Crippen LogP contribution is 2.21.